The molecule has 1 aliphatic rings. The molecule has 0 unspecified atom stereocenters. The molecular weight excluding hydrogens is 228 g/mol. The Hall–Kier alpha value is -1.26. The second kappa shape index (κ2) is 6.61. The predicted molar refractivity (Wildman–Crippen MR) is 72.3 cm³/mol. The SMILES string of the molecule is COc1ccc(CNCCNC2CC2)c(OC)c1. The zero-order valence-electron chi connectivity index (χ0n) is 11.2. The topological polar surface area (TPSA) is 42.5 Å². The lowest BCUT2D eigenvalue weighted by Gasteiger charge is -2.11. The van der Waals surface area contributed by atoms with Crippen molar-refractivity contribution in [3.8, 4) is 11.5 Å². The molecule has 18 heavy (non-hydrogen) atoms. The third-order valence-corrected chi connectivity index (χ3v) is 3.12. The Morgan fingerprint density at radius 2 is 2.00 bits per heavy atom. The molecule has 0 aromatic heterocycles. The molecule has 0 saturated heterocycles. The van der Waals surface area contributed by atoms with Crippen LogP contribution in [-0.4, -0.2) is 33.4 Å². The van der Waals surface area contributed by atoms with Crippen molar-refractivity contribution in [1.29, 1.82) is 0 Å². The van der Waals surface area contributed by atoms with Gasteiger partial charge in [-0.15, -0.1) is 0 Å². The average molecular weight is 250 g/mol. The molecule has 100 valence electrons. The molecule has 1 saturated carbocycles. The molecule has 0 bridgehead atoms. The third-order valence-electron chi connectivity index (χ3n) is 3.12. The highest BCUT2D eigenvalue weighted by Gasteiger charge is 2.19. The fraction of sp³-hybridized carbons (Fsp3) is 0.571. The summed E-state index contributed by atoms with van der Waals surface area (Å²) in [4.78, 5) is 0. The van der Waals surface area contributed by atoms with E-state index in [2.05, 4.69) is 10.6 Å². The lowest BCUT2D eigenvalue weighted by atomic mass is 10.2. The van der Waals surface area contributed by atoms with Crippen molar-refractivity contribution in [2.45, 2.75) is 25.4 Å². The molecule has 0 radical (unpaired) electrons. The highest BCUT2D eigenvalue weighted by molar-refractivity contribution is 5.40. The highest BCUT2D eigenvalue weighted by atomic mass is 16.5. The van der Waals surface area contributed by atoms with Crippen molar-refractivity contribution in [1.82, 2.24) is 10.6 Å². The summed E-state index contributed by atoms with van der Waals surface area (Å²) in [7, 11) is 3.35. The van der Waals surface area contributed by atoms with E-state index in [0.717, 1.165) is 42.7 Å². The summed E-state index contributed by atoms with van der Waals surface area (Å²) in [5.41, 5.74) is 1.16. The smallest absolute Gasteiger partial charge is 0.127 e. The number of hydrogen-bond acceptors (Lipinski definition) is 4. The number of nitrogens with one attached hydrogen (secondary N) is 2. The van der Waals surface area contributed by atoms with Gasteiger partial charge in [-0.3, -0.25) is 0 Å². The summed E-state index contributed by atoms with van der Waals surface area (Å²) in [6.45, 7) is 2.83. The van der Waals surface area contributed by atoms with Crippen LogP contribution in [0.3, 0.4) is 0 Å². The number of hydrogen-bond donors (Lipinski definition) is 2. The zero-order valence-corrected chi connectivity index (χ0v) is 11.2. The van der Waals surface area contributed by atoms with Crippen molar-refractivity contribution in [3.63, 3.8) is 0 Å². The highest BCUT2D eigenvalue weighted by Crippen LogP contribution is 2.24. The van der Waals surface area contributed by atoms with Crippen LogP contribution >= 0.6 is 0 Å². The van der Waals surface area contributed by atoms with Gasteiger partial charge in [-0.1, -0.05) is 6.07 Å². The maximum atomic E-state index is 5.36. The van der Waals surface area contributed by atoms with Crippen LogP contribution in [0.15, 0.2) is 18.2 Å². The summed E-state index contributed by atoms with van der Waals surface area (Å²) >= 11 is 0. The molecule has 2 rings (SSSR count). The zero-order chi connectivity index (χ0) is 12.8. The van der Waals surface area contributed by atoms with Crippen molar-refractivity contribution in [2.75, 3.05) is 27.3 Å². The Bertz CT molecular complexity index is 378. The number of methoxy groups -OCH3 is 2. The van der Waals surface area contributed by atoms with E-state index in [-0.39, 0.29) is 0 Å². The quantitative estimate of drug-likeness (QED) is 0.687. The molecule has 0 spiro atoms. The van der Waals surface area contributed by atoms with Gasteiger partial charge in [0.05, 0.1) is 14.2 Å². The van der Waals surface area contributed by atoms with E-state index in [9.17, 15) is 0 Å². The maximum absolute atomic E-state index is 5.36. The van der Waals surface area contributed by atoms with E-state index in [0.29, 0.717) is 0 Å². The van der Waals surface area contributed by atoms with Crippen molar-refractivity contribution in [3.05, 3.63) is 23.8 Å². The largest absolute Gasteiger partial charge is 0.497 e. The van der Waals surface area contributed by atoms with Crippen LogP contribution < -0.4 is 20.1 Å². The Kier molecular flexibility index (Phi) is 4.84. The number of benzene rings is 1. The fourth-order valence-electron chi connectivity index (χ4n) is 1.87. The van der Waals surface area contributed by atoms with Crippen LogP contribution in [-0.2, 0) is 6.54 Å². The van der Waals surface area contributed by atoms with Gasteiger partial charge in [0.25, 0.3) is 0 Å². The first-order valence-corrected chi connectivity index (χ1v) is 6.48. The molecule has 0 amide bonds. The van der Waals surface area contributed by atoms with E-state index >= 15 is 0 Å². The van der Waals surface area contributed by atoms with Crippen LogP contribution in [0.25, 0.3) is 0 Å². The van der Waals surface area contributed by atoms with Gasteiger partial charge >= 0.3 is 0 Å². The third kappa shape index (κ3) is 3.89. The maximum Gasteiger partial charge on any atom is 0.127 e. The number of ether oxygens (including phenoxy) is 2. The molecule has 1 aromatic rings. The van der Waals surface area contributed by atoms with Gasteiger partial charge in [-0.05, 0) is 18.9 Å². The van der Waals surface area contributed by atoms with Gasteiger partial charge in [-0.25, -0.2) is 0 Å². The summed E-state index contributed by atoms with van der Waals surface area (Å²) < 4.78 is 10.5. The second-order valence-electron chi connectivity index (χ2n) is 4.58. The minimum atomic E-state index is 0.780. The summed E-state index contributed by atoms with van der Waals surface area (Å²) in [5.74, 6) is 1.70. The monoisotopic (exact) mass is 250 g/mol. The van der Waals surface area contributed by atoms with E-state index < -0.39 is 0 Å². The molecular formula is C14H22N2O2. The number of rotatable bonds is 8. The Morgan fingerprint density at radius 3 is 2.67 bits per heavy atom. The normalized spacial score (nSPS) is 14.6. The van der Waals surface area contributed by atoms with E-state index in [1.54, 1.807) is 14.2 Å². The van der Waals surface area contributed by atoms with Crippen molar-refractivity contribution >= 4 is 0 Å². The van der Waals surface area contributed by atoms with E-state index in [1.807, 2.05) is 18.2 Å². The van der Waals surface area contributed by atoms with Gasteiger partial charge in [0.2, 0.25) is 0 Å². The van der Waals surface area contributed by atoms with Gasteiger partial charge in [0, 0.05) is 37.3 Å². The van der Waals surface area contributed by atoms with Crippen LogP contribution in [0.2, 0.25) is 0 Å². The Balaban J connectivity index is 1.76. The Labute approximate surface area is 109 Å². The molecule has 0 heterocycles. The molecule has 2 N–H and O–H groups in total. The fourth-order valence-corrected chi connectivity index (χ4v) is 1.87. The molecule has 4 nitrogen and oxygen atoms in total. The van der Waals surface area contributed by atoms with Gasteiger partial charge in [0.1, 0.15) is 11.5 Å². The minimum Gasteiger partial charge on any atom is -0.497 e. The van der Waals surface area contributed by atoms with Gasteiger partial charge < -0.3 is 20.1 Å². The predicted octanol–water partition coefficient (Wildman–Crippen LogP) is 1.55. The van der Waals surface area contributed by atoms with Crippen molar-refractivity contribution in [2.24, 2.45) is 0 Å². The van der Waals surface area contributed by atoms with E-state index in [1.165, 1.54) is 12.8 Å². The molecule has 0 atom stereocenters. The standard InChI is InChI=1S/C14H22N2O2/c1-17-13-6-3-11(14(9-13)18-2)10-15-7-8-16-12-4-5-12/h3,6,9,12,15-16H,4-5,7-8,10H2,1-2H3. The van der Waals surface area contributed by atoms with E-state index in [4.69, 9.17) is 9.47 Å². The lowest BCUT2D eigenvalue weighted by molar-refractivity contribution is 0.390. The van der Waals surface area contributed by atoms with Crippen molar-refractivity contribution < 1.29 is 9.47 Å². The van der Waals surface area contributed by atoms with Crippen LogP contribution in [0.1, 0.15) is 18.4 Å². The Morgan fingerprint density at radius 1 is 1.17 bits per heavy atom. The van der Waals surface area contributed by atoms with Crippen LogP contribution in [0, 0.1) is 0 Å². The minimum absolute atomic E-state index is 0.780. The first-order chi connectivity index (χ1) is 8.83. The first-order valence-electron chi connectivity index (χ1n) is 6.48. The molecule has 0 aliphatic heterocycles. The summed E-state index contributed by atoms with van der Waals surface area (Å²) in [6.07, 6.45) is 2.68. The van der Waals surface area contributed by atoms with Crippen LogP contribution in [0.4, 0.5) is 0 Å². The first kappa shape index (κ1) is 13.2. The summed E-state index contributed by atoms with van der Waals surface area (Å²) in [5, 5.41) is 6.89. The molecule has 1 aliphatic carbocycles. The van der Waals surface area contributed by atoms with Gasteiger partial charge in [0.15, 0.2) is 0 Å². The molecule has 4 heteroatoms. The molecule has 1 fully saturated rings. The van der Waals surface area contributed by atoms with Crippen LogP contribution in [0.5, 0.6) is 11.5 Å². The average Bonchev–Trinajstić information content (AvgIpc) is 3.22. The summed E-state index contributed by atoms with van der Waals surface area (Å²) in [6, 6.07) is 6.70. The lowest BCUT2D eigenvalue weighted by Crippen LogP contribution is -2.28. The van der Waals surface area contributed by atoms with Gasteiger partial charge in [-0.2, -0.15) is 0 Å². The second-order valence-corrected chi connectivity index (χ2v) is 4.58. The molecule has 1 aromatic carbocycles.